The molecule has 0 aliphatic rings. The van der Waals surface area contributed by atoms with Gasteiger partial charge in [0.05, 0.1) is 24.8 Å². The summed E-state index contributed by atoms with van der Waals surface area (Å²) in [7, 11) is -1.31. The third kappa shape index (κ3) is 7.05. The molecule has 3 aromatic rings. The van der Waals surface area contributed by atoms with Gasteiger partial charge in [0.15, 0.2) is 11.5 Å². The van der Waals surface area contributed by atoms with Crippen LogP contribution in [0.4, 0.5) is 5.69 Å². The molecule has 0 radical (unpaired) electrons. The quantitative estimate of drug-likeness (QED) is 0.336. The van der Waals surface area contributed by atoms with Crippen molar-refractivity contribution in [3.63, 3.8) is 0 Å². The van der Waals surface area contributed by atoms with E-state index in [0.717, 1.165) is 9.87 Å². The monoisotopic (exact) mass is 587 g/mol. The standard InChI is InChI=1S/C29H34ClN3O6S/c1-6-31-29(35)21(3)32(18-22-9-7-8-10-25(22)30)28(34)19-33(23-13-16-26(38-4)27(17-23)39-5)40(36,37)24-14-11-20(2)12-15-24/h7-17,21H,6,18-19H2,1-5H3,(H,31,35). The second-order valence-electron chi connectivity index (χ2n) is 9.05. The van der Waals surface area contributed by atoms with E-state index in [-0.39, 0.29) is 23.0 Å². The number of ether oxygens (including phenoxy) is 2. The summed E-state index contributed by atoms with van der Waals surface area (Å²) in [6.07, 6.45) is 0. The number of amides is 2. The lowest BCUT2D eigenvalue weighted by atomic mass is 10.1. The van der Waals surface area contributed by atoms with Gasteiger partial charge >= 0.3 is 0 Å². The van der Waals surface area contributed by atoms with Crippen LogP contribution in [0.25, 0.3) is 0 Å². The van der Waals surface area contributed by atoms with Crippen molar-refractivity contribution in [1.82, 2.24) is 10.2 Å². The second-order valence-corrected chi connectivity index (χ2v) is 11.3. The predicted molar refractivity (Wildman–Crippen MR) is 155 cm³/mol. The highest BCUT2D eigenvalue weighted by atomic mass is 35.5. The average Bonchev–Trinajstić information content (AvgIpc) is 2.94. The number of carbonyl (C=O) groups excluding carboxylic acids is 2. The highest BCUT2D eigenvalue weighted by Gasteiger charge is 2.33. The van der Waals surface area contributed by atoms with Crippen molar-refractivity contribution in [2.24, 2.45) is 0 Å². The van der Waals surface area contributed by atoms with Gasteiger partial charge in [-0.25, -0.2) is 8.42 Å². The number of anilines is 1. The van der Waals surface area contributed by atoms with Crippen molar-refractivity contribution < 1.29 is 27.5 Å². The molecule has 3 aromatic carbocycles. The highest BCUT2D eigenvalue weighted by molar-refractivity contribution is 7.92. The smallest absolute Gasteiger partial charge is 0.264 e. The summed E-state index contributed by atoms with van der Waals surface area (Å²) in [6, 6.07) is 17.0. The maximum absolute atomic E-state index is 14.0. The first-order chi connectivity index (χ1) is 19.0. The molecule has 0 aromatic heterocycles. The molecule has 0 fully saturated rings. The Morgan fingerprint density at radius 2 is 1.62 bits per heavy atom. The molecule has 0 bridgehead atoms. The number of nitrogens with zero attached hydrogens (tertiary/aromatic N) is 2. The molecule has 0 aliphatic carbocycles. The maximum atomic E-state index is 14.0. The van der Waals surface area contributed by atoms with E-state index in [1.165, 1.54) is 43.4 Å². The number of nitrogens with one attached hydrogen (secondary N) is 1. The van der Waals surface area contributed by atoms with Crippen LogP contribution in [-0.4, -0.2) is 58.5 Å². The number of likely N-dealkylation sites (N-methyl/N-ethyl adjacent to an activating group) is 1. The van der Waals surface area contributed by atoms with Gasteiger partial charge in [0.1, 0.15) is 12.6 Å². The van der Waals surface area contributed by atoms with Crippen LogP contribution >= 0.6 is 11.6 Å². The molecule has 9 nitrogen and oxygen atoms in total. The number of halogens is 1. The van der Waals surface area contributed by atoms with E-state index in [1.807, 2.05) is 6.92 Å². The van der Waals surface area contributed by atoms with E-state index >= 15 is 0 Å². The average molecular weight is 588 g/mol. The molecule has 1 atom stereocenters. The van der Waals surface area contributed by atoms with Crippen LogP contribution in [0.3, 0.4) is 0 Å². The molecule has 1 unspecified atom stereocenters. The van der Waals surface area contributed by atoms with Gasteiger partial charge in [0, 0.05) is 24.2 Å². The molecule has 0 heterocycles. The predicted octanol–water partition coefficient (Wildman–Crippen LogP) is 4.41. The molecule has 3 rings (SSSR count). The van der Waals surface area contributed by atoms with Gasteiger partial charge in [0.2, 0.25) is 11.8 Å². The van der Waals surface area contributed by atoms with Crippen molar-refractivity contribution in [3.05, 3.63) is 82.9 Å². The van der Waals surface area contributed by atoms with Crippen LogP contribution in [0.5, 0.6) is 11.5 Å². The number of benzene rings is 3. The van der Waals surface area contributed by atoms with Gasteiger partial charge in [-0.15, -0.1) is 0 Å². The molecule has 1 N–H and O–H groups in total. The lowest BCUT2D eigenvalue weighted by Crippen LogP contribution is -2.51. The summed E-state index contributed by atoms with van der Waals surface area (Å²) in [5.41, 5.74) is 1.69. The SMILES string of the molecule is CCNC(=O)C(C)N(Cc1ccccc1Cl)C(=O)CN(c1ccc(OC)c(OC)c1)S(=O)(=O)c1ccc(C)cc1. The van der Waals surface area contributed by atoms with Crippen molar-refractivity contribution >= 4 is 39.1 Å². The molecule has 40 heavy (non-hydrogen) atoms. The Morgan fingerprint density at radius 3 is 2.23 bits per heavy atom. The van der Waals surface area contributed by atoms with Gasteiger partial charge in [-0.2, -0.15) is 0 Å². The number of sulfonamides is 1. The number of hydrogen-bond donors (Lipinski definition) is 1. The number of hydrogen-bond acceptors (Lipinski definition) is 6. The molecule has 2 amide bonds. The topological polar surface area (TPSA) is 105 Å². The zero-order valence-electron chi connectivity index (χ0n) is 23.2. The Bertz CT molecular complexity index is 1450. The zero-order valence-corrected chi connectivity index (χ0v) is 24.8. The number of aryl methyl sites for hydroxylation is 1. The lowest BCUT2D eigenvalue weighted by molar-refractivity contribution is -0.139. The van der Waals surface area contributed by atoms with Crippen molar-refractivity contribution in [2.45, 2.75) is 38.3 Å². The molecule has 11 heteroatoms. The third-order valence-electron chi connectivity index (χ3n) is 6.36. The Labute approximate surface area is 240 Å². The summed E-state index contributed by atoms with van der Waals surface area (Å²) in [5, 5.41) is 3.15. The number of methoxy groups -OCH3 is 2. The largest absolute Gasteiger partial charge is 0.493 e. The molecule has 0 saturated heterocycles. The van der Waals surface area contributed by atoms with Crippen LogP contribution in [0, 0.1) is 6.92 Å². The van der Waals surface area contributed by atoms with Crippen LogP contribution in [0.1, 0.15) is 25.0 Å². The van der Waals surface area contributed by atoms with Crippen molar-refractivity contribution in [1.29, 1.82) is 0 Å². The fraction of sp³-hybridized carbons (Fsp3) is 0.310. The fourth-order valence-corrected chi connectivity index (χ4v) is 5.66. The van der Waals surface area contributed by atoms with E-state index in [0.29, 0.717) is 28.6 Å². The van der Waals surface area contributed by atoms with E-state index < -0.39 is 28.5 Å². The Hall–Kier alpha value is -3.76. The van der Waals surface area contributed by atoms with Crippen LogP contribution in [0.15, 0.2) is 71.6 Å². The third-order valence-corrected chi connectivity index (χ3v) is 8.52. The van der Waals surface area contributed by atoms with E-state index in [2.05, 4.69) is 5.32 Å². The minimum absolute atomic E-state index is 0.00115. The first kappa shape index (κ1) is 30.8. The van der Waals surface area contributed by atoms with Crippen molar-refractivity contribution in [2.75, 3.05) is 31.6 Å². The summed E-state index contributed by atoms with van der Waals surface area (Å²) >= 11 is 6.38. The summed E-state index contributed by atoms with van der Waals surface area (Å²) in [5.74, 6) is -0.276. The Balaban J connectivity index is 2.10. The highest BCUT2D eigenvalue weighted by Crippen LogP contribution is 2.34. The van der Waals surface area contributed by atoms with Crippen molar-refractivity contribution in [3.8, 4) is 11.5 Å². The van der Waals surface area contributed by atoms with Crippen LogP contribution < -0.4 is 19.1 Å². The van der Waals surface area contributed by atoms with Gasteiger partial charge < -0.3 is 19.7 Å². The van der Waals surface area contributed by atoms with Gasteiger partial charge in [-0.3, -0.25) is 13.9 Å². The Morgan fingerprint density at radius 1 is 0.975 bits per heavy atom. The summed E-state index contributed by atoms with van der Waals surface area (Å²) in [6.45, 7) is 5.01. The molecular formula is C29H34ClN3O6S. The number of carbonyl (C=O) groups is 2. The van der Waals surface area contributed by atoms with Gasteiger partial charge in [0.25, 0.3) is 10.0 Å². The molecule has 214 valence electrons. The van der Waals surface area contributed by atoms with Crippen LogP contribution in [-0.2, 0) is 26.2 Å². The van der Waals surface area contributed by atoms with E-state index in [4.69, 9.17) is 21.1 Å². The minimum atomic E-state index is -4.22. The number of rotatable bonds is 12. The molecule has 0 spiro atoms. The Kier molecular flexibility index (Phi) is 10.4. The fourth-order valence-electron chi connectivity index (χ4n) is 4.06. The van der Waals surface area contributed by atoms with Gasteiger partial charge in [-0.1, -0.05) is 47.5 Å². The van der Waals surface area contributed by atoms with E-state index in [1.54, 1.807) is 56.3 Å². The summed E-state index contributed by atoms with van der Waals surface area (Å²) in [4.78, 5) is 28.1. The molecule has 0 saturated carbocycles. The lowest BCUT2D eigenvalue weighted by Gasteiger charge is -2.32. The maximum Gasteiger partial charge on any atom is 0.264 e. The summed E-state index contributed by atoms with van der Waals surface area (Å²) < 4.78 is 39.6. The normalized spacial score (nSPS) is 11.8. The van der Waals surface area contributed by atoms with Gasteiger partial charge in [-0.05, 0) is 56.7 Å². The molecular weight excluding hydrogens is 554 g/mol. The first-order valence-electron chi connectivity index (χ1n) is 12.7. The first-order valence-corrected chi connectivity index (χ1v) is 14.5. The zero-order chi connectivity index (χ0) is 29.4. The van der Waals surface area contributed by atoms with E-state index in [9.17, 15) is 18.0 Å². The minimum Gasteiger partial charge on any atom is -0.493 e. The second kappa shape index (κ2) is 13.5. The van der Waals surface area contributed by atoms with Crippen LogP contribution in [0.2, 0.25) is 5.02 Å². The molecule has 0 aliphatic heterocycles.